The van der Waals surface area contributed by atoms with Crippen LogP contribution >= 0.6 is 0 Å². The van der Waals surface area contributed by atoms with E-state index < -0.39 is 11.2 Å². The van der Waals surface area contributed by atoms with Crippen molar-refractivity contribution in [3.63, 3.8) is 0 Å². The van der Waals surface area contributed by atoms with Crippen LogP contribution in [-0.4, -0.2) is 42.5 Å². The molecule has 4 bridgehead atoms. The van der Waals surface area contributed by atoms with Crippen molar-refractivity contribution in [1.29, 1.82) is 0 Å². The molecule has 2 saturated heterocycles. The molecular formula is C29H35N5O3. The highest BCUT2D eigenvalue weighted by atomic mass is 16.2. The summed E-state index contributed by atoms with van der Waals surface area (Å²) in [6, 6.07) is 9.48. The molecule has 2 aliphatic carbocycles. The van der Waals surface area contributed by atoms with E-state index in [0.717, 1.165) is 30.2 Å². The minimum Gasteiger partial charge on any atom is -0.313 e. The molecule has 4 heterocycles. The van der Waals surface area contributed by atoms with Gasteiger partial charge in [-0.15, -0.1) is 0 Å². The molecule has 6 atom stereocenters. The zero-order valence-corrected chi connectivity index (χ0v) is 21.2. The van der Waals surface area contributed by atoms with Crippen molar-refractivity contribution in [3.8, 4) is 11.3 Å². The molecule has 37 heavy (non-hydrogen) atoms. The lowest BCUT2D eigenvalue weighted by molar-refractivity contribution is -0.0485. The molecule has 4 aliphatic rings. The summed E-state index contributed by atoms with van der Waals surface area (Å²) < 4.78 is 1.92. The summed E-state index contributed by atoms with van der Waals surface area (Å²) >= 11 is 0. The van der Waals surface area contributed by atoms with Gasteiger partial charge in [-0.1, -0.05) is 37.8 Å². The largest absolute Gasteiger partial charge is 0.325 e. The summed E-state index contributed by atoms with van der Waals surface area (Å²) in [5.41, 5.74) is 0.280. The Labute approximate surface area is 215 Å². The second-order valence-corrected chi connectivity index (χ2v) is 11.9. The molecular weight excluding hydrogens is 466 g/mol. The Morgan fingerprint density at radius 2 is 1.49 bits per heavy atom. The molecule has 2 aromatic heterocycles. The van der Waals surface area contributed by atoms with Crippen LogP contribution in [0.5, 0.6) is 0 Å². The van der Waals surface area contributed by atoms with E-state index in [9.17, 15) is 14.4 Å². The molecule has 8 nitrogen and oxygen atoms in total. The number of nitrogens with one attached hydrogen (secondary N) is 2. The van der Waals surface area contributed by atoms with Crippen LogP contribution in [0.3, 0.4) is 0 Å². The van der Waals surface area contributed by atoms with Gasteiger partial charge < -0.3 is 9.55 Å². The lowest BCUT2D eigenvalue weighted by Crippen LogP contribution is -2.58. The number of fused-ring (bicyclic) bond motifs is 5. The quantitative estimate of drug-likeness (QED) is 0.565. The molecule has 0 unspecified atom stereocenters. The van der Waals surface area contributed by atoms with Crippen molar-refractivity contribution in [2.24, 2.45) is 11.8 Å². The highest BCUT2D eigenvalue weighted by Crippen LogP contribution is 2.47. The molecule has 194 valence electrons. The van der Waals surface area contributed by atoms with Crippen LogP contribution in [-0.2, 0) is 0 Å². The molecule has 2 aliphatic heterocycles. The number of piperidine rings is 2. The molecule has 3 aromatic rings. The fourth-order valence-corrected chi connectivity index (χ4v) is 8.41. The van der Waals surface area contributed by atoms with Crippen LogP contribution in [0.4, 0.5) is 0 Å². The van der Waals surface area contributed by atoms with E-state index in [1.165, 1.54) is 64.0 Å². The molecule has 2 N–H and O–H groups in total. The SMILES string of the molecule is O=c1[nH]cc(-c2nc3ccccc3n([C@H]3C[C@H]4CCC[C@@H](C3)N4[C@H]3C[C@@H]4CCC[C@@H](C4)C3)c2=O)c(=O)[nH]1. The van der Waals surface area contributed by atoms with Gasteiger partial charge in [0.2, 0.25) is 0 Å². The van der Waals surface area contributed by atoms with Gasteiger partial charge in [0.15, 0.2) is 0 Å². The maximum atomic E-state index is 14.0. The van der Waals surface area contributed by atoms with Crippen LogP contribution in [0.1, 0.15) is 76.7 Å². The van der Waals surface area contributed by atoms with Crippen molar-refractivity contribution in [2.75, 3.05) is 0 Å². The van der Waals surface area contributed by atoms with E-state index in [2.05, 4.69) is 19.9 Å². The normalized spacial score (nSPS) is 31.9. The van der Waals surface area contributed by atoms with Gasteiger partial charge in [0, 0.05) is 30.4 Å². The lowest BCUT2D eigenvalue weighted by Gasteiger charge is -2.55. The number of aromatic amines is 2. The standard InChI is InChI=1S/C29H35N5O3/c35-27-23(16-30-29(37)32-27)26-28(36)34(25-10-2-1-9-24(25)31-26)22-14-19-7-4-8-20(15-22)33(19)21-12-17-5-3-6-18(11-17)13-21/h1-2,9-10,16-22H,3-8,11-15H2,(H2,30,32,35,37)/t17-,18+,19-,20+,21+,22+. The lowest BCUT2D eigenvalue weighted by atomic mass is 9.68. The average Bonchev–Trinajstić information content (AvgIpc) is 2.88. The summed E-state index contributed by atoms with van der Waals surface area (Å²) in [6.45, 7) is 0. The Bertz CT molecular complexity index is 1480. The highest BCUT2D eigenvalue weighted by Gasteiger charge is 2.45. The number of aromatic nitrogens is 4. The number of nitrogens with zero attached hydrogens (tertiary/aromatic N) is 3. The zero-order valence-electron chi connectivity index (χ0n) is 21.2. The van der Waals surface area contributed by atoms with Gasteiger partial charge in [-0.2, -0.15) is 0 Å². The zero-order chi connectivity index (χ0) is 25.1. The third-order valence-corrected chi connectivity index (χ3v) is 9.76. The van der Waals surface area contributed by atoms with E-state index in [0.29, 0.717) is 23.6 Å². The predicted molar refractivity (Wildman–Crippen MR) is 143 cm³/mol. The van der Waals surface area contributed by atoms with Gasteiger partial charge in [-0.05, 0) is 68.9 Å². The van der Waals surface area contributed by atoms with Crippen LogP contribution in [0, 0.1) is 11.8 Å². The van der Waals surface area contributed by atoms with Crippen molar-refractivity contribution in [2.45, 2.75) is 94.8 Å². The smallest absolute Gasteiger partial charge is 0.313 e. The van der Waals surface area contributed by atoms with Crippen LogP contribution in [0.2, 0.25) is 0 Å². The van der Waals surface area contributed by atoms with Crippen LogP contribution in [0.25, 0.3) is 22.3 Å². The summed E-state index contributed by atoms with van der Waals surface area (Å²) in [4.78, 5) is 50.4. The predicted octanol–water partition coefficient (Wildman–Crippen LogP) is 3.97. The molecule has 8 heteroatoms. The van der Waals surface area contributed by atoms with Crippen molar-refractivity contribution in [3.05, 3.63) is 61.7 Å². The maximum Gasteiger partial charge on any atom is 0.325 e. The fourth-order valence-electron chi connectivity index (χ4n) is 8.41. The van der Waals surface area contributed by atoms with Crippen LogP contribution < -0.4 is 16.8 Å². The summed E-state index contributed by atoms with van der Waals surface area (Å²) in [6.07, 6.45) is 15.2. The van der Waals surface area contributed by atoms with Crippen molar-refractivity contribution >= 4 is 11.0 Å². The molecule has 0 radical (unpaired) electrons. The Morgan fingerprint density at radius 1 is 0.784 bits per heavy atom. The van der Waals surface area contributed by atoms with Gasteiger partial charge in [-0.25, -0.2) is 9.78 Å². The third kappa shape index (κ3) is 4.00. The number of rotatable bonds is 3. The average molecular weight is 502 g/mol. The second kappa shape index (κ2) is 9.08. The molecule has 1 aromatic carbocycles. The molecule has 0 amide bonds. The van der Waals surface area contributed by atoms with Crippen molar-refractivity contribution in [1.82, 2.24) is 24.4 Å². The molecule has 4 fully saturated rings. The van der Waals surface area contributed by atoms with E-state index in [1.54, 1.807) is 0 Å². The number of benzene rings is 1. The van der Waals surface area contributed by atoms with Gasteiger partial charge in [0.05, 0.1) is 16.6 Å². The number of hydrogen-bond acceptors (Lipinski definition) is 5. The van der Waals surface area contributed by atoms with Crippen molar-refractivity contribution < 1.29 is 0 Å². The summed E-state index contributed by atoms with van der Waals surface area (Å²) in [7, 11) is 0. The van der Waals surface area contributed by atoms with Gasteiger partial charge in [-0.3, -0.25) is 19.5 Å². The third-order valence-electron chi connectivity index (χ3n) is 9.76. The van der Waals surface area contributed by atoms with E-state index in [-0.39, 0.29) is 22.9 Å². The minimum atomic E-state index is -0.595. The topological polar surface area (TPSA) is 104 Å². The monoisotopic (exact) mass is 501 g/mol. The van der Waals surface area contributed by atoms with Gasteiger partial charge in [0.25, 0.3) is 11.1 Å². The Morgan fingerprint density at radius 3 is 2.22 bits per heavy atom. The first-order chi connectivity index (χ1) is 18.0. The van der Waals surface area contributed by atoms with E-state index >= 15 is 0 Å². The number of H-pyrrole nitrogens is 2. The Balaban J connectivity index is 1.28. The summed E-state index contributed by atoms with van der Waals surface area (Å²) in [5.74, 6) is 1.81. The molecule has 7 rings (SSSR count). The Hall–Kier alpha value is -3.00. The van der Waals surface area contributed by atoms with E-state index in [1.807, 2.05) is 28.8 Å². The molecule has 0 spiro atoms. The van der Waals surface area contributed by atoms with Gasteiger partial charge in [0.1, 0.15) is 5.69 Å². The Kier molecular flexibility index (Phi) is 5.68. The fraction of sp³-hybridized carbons (Fsp3) is 0.586. The minimum absolute atomic E-state index is 0.0654. The number of para-hydroxylation sites is 2. The maximum absolute atomic E-state index is 14.0. The van der Waals surface area contributed by atoms with E-state index in [4.69, 9.17) is 0 Å². The first kappa shape index (κ1) is 23.1. The van der Waals surface area contributed by atoms with Crippen LogP contribution in [0.15, 0.2) is 44.8 Å². The first-order valence-corrected chi connectivity index (χ1v) is 14.2. The second-order valence-electron chi connectivity index (χ2n) is 11.9. The summed E-state index contributed by atoms with van der Waals surface area (Å²) in [5, 5.41) is 0. The molecule has 2 saturated carbocycles. The van der Waals surface area contributed by atoms with Gasteiger partial charge >= 0.3 is 5.69 Å². The number of hydrogen-bond donors (Lipinski definition) is 2. The first-order valence-electron chi connectivity index (χ1n) is 14.2. The highest BCUT2D eigenvalue weighted by molar-refractivity contribution is 5.77.